The first-order valence-electron chi connectivity index (χ1n) is 8.97. The predicted octanol–water partition coefficient (Wildman–Crippen LogP) is 3.38. The van der Waals surface area contributed by atoms with Gasteiger partial charge in [-0.3, -0.25) is 4.79 Å². The van der Waals surface area contributed by atoms with Crippen molar-refractivity contribution >= 4 is 17.7 Å². The van der Waals surface area contributed by atoms with Gasteiger partial charge in [0.15, 0.2) is 0 Å². The van der Waals surface area contributed by atoms with E-state index in [1.165, 1.54) is 5.56 Å². The van der Waals surface area contributed by atoms with Gasteiger partial charge in [-0.1, -0.05) is 30.3 Å². The molecule has 0 aliphatic carbocycles. The molecule has 2 N–H and O–H groups in total. The van der Waals surface area contributed by atoms with Gasteiger partial charge in [0.1, 0.15) is 5.75 Å². The maximum absolute atomic E-state index is 13.0. The Hall–Kier alpha value is -1.98. The quantitative estimate of drug-likeness (QED) is 0.792. The molecule has 3 atom stereocenters. The van der Waals surface area contributed by atoms with Gasteiger partial charge in [-0.05, 0) is 49.2 Å². The molecule has 26 heavy (non-hydrogen) atoms. The van der Waals surface area contributed by atoms with Gasteiger partial charge in [-0.15, -0.1) is 11.8 Å². The lowest BCUT2D eigenvalue weighted by Gasteiger charge is -2.21. The van der Waals surface area contributed by atoms with Gasteiger partial charge in [-0.2, -0.15) is 0 Å². The number of benzene rings is 2. The zero-order valence-electron chi connectivity index (χ0n) is 15.3. The third kappa shape index (κ3) is 4.22. The van der Waals surface area contributed by atoms with E-state index in [0.717, 1.165) is 23.7 Å². The van der Waals surface area contributed by atoms with Crippen molar-refractivity contribution in [1.29, 1.82) is 0 Å². The second-order valence-corrected chi connectivity index (χ2v) is 8.11. The molecule has 1 saturated heterocycles. The predicted molar refractivity (Wildman–Crippen MR) is 107 cm³/mol. The van der Waals surface area contributed by atoms with Gasteiger partial charge < -0.3 is 15.4 Å². The summed E-state index contributed by atoms with van der Waals surface area (Å²) in [4.78, 5) is 16.0. The number of nitrogens with zero attached hydrogens (tertiary/aromatic N) is 1. The average Bonchev–Trinajstić information content (AvgIpc) is 3.13. The third-order valence-corrected chi connectivity index (χ3v) is 6.10. The van der Waals surface area contributed by atoms with E-state index in [1.54, 1.807) is 18.9 Å². The maximum atomic E-state index is 13.0. The molecule has 1 unspecified atom stereocenters. The number of hydrogen-bond acceptors (Lipinski definition) is 4. The van der Waals surface area contributed by atoms with E-state index in [-0.39, 0.29) is 11.2 Å². The highest BCUT2D eigenvalue weighted by atomic mass is 32.2. The SMILES string of the molecule is COc1ccc(SC(C)C(=O)N2C[C@@H](CN)[C@H](c3ccccc3)C2)cc1. The molecule has 0 radical (unpaired) electrons. The van der Waals surface area contributed by atoms with Crippen molar-refractivity contribution in [2.75, 3.05) is 26.7 Å². The number of amides is 1. The molecule has 1 aliphatic rings. The Morgan fingerprint density at radius 3 is 2.50 bits per heavy atom. The molecule has 1 aliphatic heterocycles. The van der Waals surface area contributed by atoms with Crippen LogP contribution in [-0.2, 0) is 4.79 Å². The normalized spacial score (nSPS) is 20.8. The Bertz CT molecular complexity index is 721. The molecule has 1 fully saturated rings. The summed E-state index contributed by atoms with van der Waals surface area (Å²) in [6, 6.07) is 18.2. The van der Waals surface area contributed by atoms with E-state index in [9.17, 15) is 4.79 Å². The Kier molecular flexibility index (Phi) is 6.22. The number of likely N-dealkylation sites (tertiary alicyclic amines) is 1. The monoisotopic (exact) mass is 370 g/mol. The summed E-state index contributed by atoms with van der Waals surface area (Å²) in [5.74, 6) is 1.65. The van der Waals surface area contributed by atoms with E-state index < -0.39 is 0 Å². The highest BCUT2D eigenvalue weighted by Crippen LogP contribution is 2.34. The standard InChI is InChI=1S/C21H26N2O2S/c1-15(26-19-10-8-18(25-2)9-11-19)21(24)23-13-17(12-22)20(14-23)16-6-4-3-5-7-16/h3-11,15,17,20H,12-14,22H2,1-2H3/t15?,17-,20+/m1/s1. The van der Waals surface area contributed by atoms with Crippen LogP contribution in [0.25, 0.3) is 0 Å². The van der Waals surface area contributed by atoms with Gasteiger partial charge in [0, 0.05) is 23.9 Å². The molecule has 4 nitrogen and oxygen atoms in total. The topological polar surface area (TPSA) is 55.6 Å². The lowest BCUT2D eigenvalue weighted by molar-refractivity contribution is -0.129. The number of methoxy groups -OCH3 is 1. The average molecular weight is 371 g/mol. The van der Waals surface area contributed by atoms with Crippen LogP contribution in [-0.4, -0.2) is 42.8 Å². The van der Waals surface area contributed by atoms with Crippen molar-refractivity contribution in [2.24, 2.45) is 11.7 Å². The fraction of sp³-hybridized carbons (Fsp3) is 0.381. The molecule has 0 bridgehead atoms. The molecule has 0 saturated carbocycles. The van der Waals surface area contributed by atoms with Crippen molar-refractivity contribution in [3.63, 3.8) is 0 Å². The van der Waals surface area contributed by atoms with E-state index in [1.807, 2.05) is 42.2 Å². The smallest absolute Gasteiger partial charge is 0.235 e. The molecule has 3 rings (SSSR count). The van der Waals surface area contributed by atoms with Crippen molar-refractivity contribution in [3.8, 4) is 5.75 Å². The van der Waals surface area contributed by atoms with Crippen LogP contribution in [0.2, 0.25) is 0 Å². The minimum absolute atomic E-state index is 0.128. The van der Waals surface area contributed by atoms with Gasteiger partial charge >= 0.3 is 0 Å². The van der Waals surface area contributed by atoms with Crippen LogP contribution in [0, 0.1) is 5.92 Å². The third-order valence-electron chi connectivity index (χ3n) is 5.00. The lowest BCUT2D eigenvalue weighted by atomic mass is 9.89. The first kappa shape index (κ1) is 18.8. The number of carbonyl (C=O) groups excluding carboxylic acids is 1. The molecular weight excluding hydrogens is 344 g/mol. The van der Waals surface area contributed by atoms with Gasteiger partial charge in [0.05, 0.1) is 12.4 Å². The minimum atomic E-state index is -0.128. The zero-order chi connectivity index (χ0) is 18.5. The fourth-order valence-electron chi connectivity index (χ4n) is 3.53. The number of ether oxygens (including phenoxy) is 1. The van der Waals surface area contributed by atoms with Crippen LogP contribution in [0.5, 0.6) is 5.75 Å². The van der Waals surface area contributed by atoms with Crippen LogP contribution in [0.4, 0.5) is 0 Å². The first-order valence-corrected chi connectivity index (χ1v) is 9.85. The highest BCUT2D eigenvalue weighted by molar-refractivity contribution is 8.00. The summed E-state index contributed by atoms with van der Waals surface area (Å²) >= 11 is 1.59. The molecule has 2 aromatic carbocycles. The summed E-state index contributed by atoms with van der Waals surface area (Å²) in [5.41, 5.74) is 7.27. The van der Waals surface area contributed by atoms with Crippen LogP contribution < -0.4 is 10.5 Å². The highest BCUT2D eigenvalue weighted by Gasteiger charge is 2.36. The Labute approximate surface area is 159 Å². The first-order chi connectivity index (χ1) is 12.6. The fourth-order valence-corrected chi connectivity index (χ4v) is 4.49. The molecule has 1 amide bonds. The van der Waals surface area contributed by atoms with Crippen LogP contribution in [0.3, 0.4) is 0 Å². The second kappa shape index (κ2) is 8.60. The molecule has 1 heterocycles. The molecule has 0 aromatic heterocycles. The summed E-state index contributed by atoms with van der Waals surface area (Å²) in [5, 5.41) is -0.128. The number of thioether (sulfide) groups is 1. The molecule has 0 spiro atoms. The molecule has 138 valence electrons. The zero-order valence-corrected chi connectivity index (χ0v) is 16.1. The largest absolute Gasteiger partial charge is 0.497 e. The summed E-state index contributed by atoms with van der Waals surface area (Å²) in [6.07, 6.45) is 0. The second-order valence-electron chi connectivity index (χ2n) is 6.69. The number of nitrogens with two attached hydrogens (primary N) is 1. The van der Waals surface area contributed by atoms with E-state index in [0.29, 0.717) is 18.4 Å². The van der Waals surface area contributed by atoms with Crippen LogP contribution in [0.15, 0.2) is 59.5 Å². The van der Waals surface area contributed by atoms with Crippen molar-refractivity contribution in [2.45, 2.75) is 23.0 Å². The number of rotatable bonds is 6. The van der Waals surface area contributed by atoms with Gasteiger partial charge in [-0.25, -0.2) is 0 Å². The van der Waals surface area contributed by atoms with E-state index in [4.69, 9.17) is 10.5 Å². The van der Waals surface area contributed by atoms with E-state index >= 15 is 0 Å². The number of carbonyl (C=O) groups is 1. The summed E-state index contributed by atoms with van der Waals surface area (Å²) in [7, 11) is 1.65. The van der Waals surface area contributed by atoms with Crippen LogP contribution in [0.1, 0.15) is 18.4 Å². The minimum Gasteiger partial charge on any atom is -0.497 e. The molecule has 2 aromatic rings. The summed E-state index contributed by atoms with van der Waals surface area (Å²) in [6.45, 7) is 4.06. The maximum Gasteiger partial charge on any atom is 0.235 e. The Morgan fingerprint density at radius 1 is 1.19 bits per heavy atom. The van der Waals surface area contributed by atoms with E-state index in [2.05, 4.69) is 24.3 Å². The summed E-state index contributed by atoms with van der Waals surface area (Å²) < 4.78 is 5.18. The van der Waals surface area contributed by atoms with Crippen molar-refractivity contribution < 1.29 is 9.53 Å². The van der Waals surface area contributed by atoms with Crippen molar-refractivity contribution in [1.82, 2.24) is 4.90 Å². The van der Waals surface area contributed by atoms with Gasteiger partial charge in [0.25, 0.3) is 0 Å². The Morgan fingerprint density at radius 2 is 1.88 bits per heavy atom. The van der Waals surface area contributed by atoms with Gasteiger partial charge in [0.2, 0.25) is 5.91 Å². The molecule has 5 heteroatoms. The molecular formula is C21H26N2O2S. The lowest BCUT2D eigenvalue weighted by Crippen LogP contribution is -2.35. The van der Waals surface area contributed by atoms with Crippen LogP contribution >= 0.6 is 11.8 Å². The number of hydrogen-bond donors (Lipinski definition) is 1. The van der Waals surface area contributed by atoms with Crippen molar-refractivity contribution in [3.05, 3.63) is 60.2 Å². The Balaban J connectivity index is 1.65.